The highest BCUT2D eigenvalue weighted by molar-refractivity contribution is 5.93. The molecule has 2 amide bonds. The Balaban J connectivity index is 1.96. The van der Waals surface area contributed by atoms with Crippen molar-refractivity contribution in [2.24, 2.45) is 11.8 Å². The van der Waals surface area contributed by atoms with Gasteiger partial charge in [-0.2, -0.15) is 0 Å². The van der Waals surface area contributed by atoms with Crippen molar-refractivity contribution in [2.75, 3.05) is 33.3 Å². The van der Waals surface area contributed by atoms with Crippen molar-refractivity contribution in [2.45, 2.75) is 26.2 Å². The zero-order chi connectivity index (χ0) is 17.5. The van der Waals surface area contributed by atoms with Crippen LogP contribution in [-0.4, -0.2) is 65.0 Å². The number of rotatable bonds is 6. The first-order valence-corrected chi connectivity index (χ1v) is 8.60. The molecule has 0 aliphatic carbocycles. The Morgan fingerprint density at radius 3 is 2.83 bits per heavy atom. The molecule has 1 N–H and O–H groups in total. The maximum atomic E-state index is 12.6. The van der Waals surface area contributed by atoms with Crippen LogP contribution < -0.4 is 0 Å². The van der Waals surface area contributed by atoms with E-state index in [1.54, 1.807) is 36.5 Å². The number of nitrogens with zero attached hydrogens (tertiary/aromatic N) is 3. The van der Waals surface area contributed by atoms with Gasteiger partial charge in [0.05, 0.1) is 12.2 Å². The number of likely N-dealkylation sites (tertiary alicyclic amines) is 1. The van der Waals surface area contributed by atoms with Gasteiger partial charge < -0.3 is 14.9 Å². The molecule has 0 bridgehead atoms. The van der Waals surface area contributed by atoms with E-state index < -0.39 is 0 Å². The van der Waals surface area contributed by atoms with Crippen molar-refractivity contribution in [1.29, 1.82) is 0 Å². The molecule has 1 aliphatic heterocycles. The average Bonchev–Trinajstić information content (AvgIpc) is 2.62. The second-order valence-electron chi connectivity index (χ2n) is 6.45. The lowest BCUT2D eigenvalue weighted by Crippen LogP contribution is -2.45. The smallest absolute Gasteiger partial charge is 0.255 e. The van der Waals surface area contributed by atoms with Crippen LogP contribution in [-0.2, 0) is 4.79 Å². The molecule has 0 spiro atoms. The summed E-state index contributed by atoms with van der Waals surface area (Å²) in [6.07, 6.45) is 5.53. The third-order valence-corrected chi connectivity index (χ3v) is 4.91. The summed E-state index contributed by atoms with van der Waals surface area (Å²) in [5, 5.41) is 8.95. The van der Waals surface area contributed by atoms with Gasteiger partial charge in [-0.1, -0.05) is 13.3 Å². The number of pyridine rings is 1. The van der Waals surface area contributed by atoms with Crippen LogP contribution in [0.1, 0.15) is 36.5 Å². The highest BCUT2D eigenvalue weighted by Crippen LogP contribution is 2.30. The minimum absolute atomic E-state index is 0.0164. The Bertz CT molecular complexity index is 550. The quantitative estimate of drug-likeness (QED) is 0.854. The maximum absolute atomic E-state index is 12.6. The molecule has 0 saturated carbocycles. The van der Waals surface area contributed by atoms with Crippen LogP contribution in [0.25, 0.3) is 0 Å². The molecule has 132 valence electrons. The first kappa shape index (κ1) is 18.4. The van der Waals surface area contributed by atoms with Crippen LogP contribution >= 0.6 is 0 Å². The molecule has 0 unspecified atom stereocenters. The topological polar surface area (TPSA) is 73.7 Å². The number of hydrogen-bond donors (Lipinski definition) is 1. The van der Waals surface area contributed by atoms with Crippen LogP contribution in [0.15, 0.2) is 24.5 Å². The Morgan fingerprint density at radius 1 is 1.42 bits per heavy atom. The number of hydrogen-bond acceptors (Lipinski definition) is 4. The third kappa shape index (κ3) is 4.54. The van der Waals surface area contributed by atoms with E-state index in [0.29, 0.717) is 43.5 Å². The summed E-state index contributed by atoms with van der Waals surface area (Å²) in [4.78, 5) is 32.3. The van der Waals surface area contributed by atoms with Gasteiger partial charge in [-0.15, -0.1) is 0 Å². The molecule has 1 saturated heterocycles. The fraction of sp³-hybridized carbons (Fsp3) is 0.611. The van der Waals surface area contributed by atoms with Crippen molar-refractivity contribution in [1.82, 2.24) is 14.8 Å². The number of amides is 2. The molecule has 6 nitrogen and oxygen atoms in total. The third-order valence-electron chi connectivity index (χ3n) is 4.91. The van der Waals surface area contributed by atoms with E-state index in [-0.39, 0.29) is 18.4 Å². The second kappa shape index (κ2) is 8.78. The summed E-state index contributed by atoms with van der Waals surface area (Å²) in [5.41, 5.74) is 0.615. The van der Waals surface area contributed by atoms with Crippen molar-refractivity contribution in [3.05, 3.63) is 30.1 Å². The van der Waals surface area contributed by atoms with E-state index in [9.17, 15) is 9.59 Å². The lowest BCUT2D eigenvalue weighted by molar-refractivity contribution is -0.132. The minimum Gasteiger partial charge on any atom is -0.395 e. The Hall–Kier alpha value is -1.95. The number of carbonyl (C=O) groups excluding carboxylic acids is 2. The van der Waals surface area contributed by atoms with Gasteiger partial charge in [-0.25, -0.2) is 0 Å². The van der Waals surface area contributed by atoms with Gasteiger partial charge in [0.15, 0.2) is 0 Å². The average molecular weight is 333 g/mol. The number of piperidine rings is 1. The van der Waals surface area contributed by atoms with Crippen molar-refractivity contribution in [3.63, 3.8) is 0 Å². The molecule has 0 radical (unpaired) electrons. The maximum Gasteiger partial charge on any atom is 0.255 e. The molecule has 1 aromatic rings. The SMILES string of the molecule is CC[C@@H]1CN(C(=O)c2cccnc2)CC[C@H]1CC(=O)N(C)CCO. The van der Waals surface area contributed by atoms with Crippen LogP contribution in [0, 0.1) is 11.8 Å². The predicted octanol–water partition coefficient (Wildman–Crippen LogP) is 1.41. The fourth-order valence-electron chi connectivity index (χ4n) is 3.32. The van der Waals surface area contributed by atoms with Gasteiger partial charge >= 0.3 is 0 Å². The van der Waals surface area contributed by atoms with Gasteiger partial charge in [0.1, 0.15) is 0 Å². The number of aliphatic hydroxyl groups excluding tert-OH is 1. The standard InChI is InChI=1S/C18H27N3O3/c1-3-14-13-21(18(24)16-5-4-7-19-12-16)8-6-15(14)11-17(23)20(2)9-10-22/h4-5,7,12,14-15,22H,3,6,8-11,13H2,1-2H3/t14-,15+/m1/s1. The fourth-order valence-corrected chi connectivity index (χ4v) is 3.32. The van der Waals surface area contributed by atoms with E-state index in [1.807, 2.05) is 4.90 Å². The number of aliphatic hydroxyl groups is 1. The molecule has 24 heavy (non-hydrogen) atoms. The summed E-state index contributed by atoms with van der Waals surface area (Å²) < 4.78 is 0. The van der Waals surface area contributed by atoms with Gasteiger partial charge in [-0.3, -0.25) is 14.6 Å². The van der Waals surface area contributed by atoms with Gasteiger partial charge in [0.25, 0.3) is 5.91 Å². The number of likely N-dealkylation sites (N-methyl/N-ethyl adjacent to an activating group) is 1. The zero-order valence-corrected chi connectivity index (χ0v) is 14.5. The molecular formula is C18H27N3O3. The van der Waals surface area contributed by atoms with Crippen molar-refractivity contribution in [3.8, 4) is 0 Å². The molecule has 0 aromatic carbocycles. The summed E-state index contributed by atoms with van der Waals surface area (Å²) in [7, 11) is 1.72. The molecule has 2 heterocycles. The normalized spacial score (nSPS) is 20.7. The van der Waals surface area contributed by atoms with E-state index in [4.69, 9.17) is 5.11 Å². The lowest BCUT2D eigenvalue weighted by Gasteiger charge is -2.38. The summed E-state index contributed by atoms with van der Waals surface area (Å²) in [6.45, 7) is 3.82. The Labute approximate surface area is 143 Å². The molecule has 1 aromatic heterocycles. The molecule has 6 heteroatoms. The molecule has 2 rings (SSSR count). The summed E-state index contributed by atoms with van der Waals surface area (Å²) in [5.74, 6) is 0.704. The Morgan fingerprint density at radius 2 is 2.21 bits per heavy atom. The van der Waals surface area contributed by atoms with Gasteiger partial charge in [0, 0.05) is 45.5 Å². The number of carbonyl (C=O) groups is 2. The van der Waals surface area contributed by atoms with Crippen LogP contribution in [0.3, 0.4) is 0 Å². The lowest BCUT2D eigenvalue weighted by atomic mass is 9.81. The minimum atomic E-state index is -0.0164. The molecule has 1 aliphatic rings. The summed E-state index contributed by atoms with van der Waals surface area (Å²) >= 11 is 0. The van der Waals surface area contributed by atoms with E-state index in [0.717, 1.165) is 12.8 Å². The molecular weight excluding hydrogens is 306 g/mol. The zero-order valence-electron chi connectivity index (χ0n) is 14.5. The van der Waals surface area contributed by atoms with E-state index in [1.165, 1.54) is 0 Å². The van der Waals surface area contributed by atoms with E-state index in [2.05, 4.69) is 11.9 Å². The van der Waals surface area contributed by atoms with E-state index >= 15 is 0 Å². The van der Waals surface area contributed by atoms with Crippen molar-refractivity contribution >= 4 is 11.8 Å². The predicted molar refractivity (Wildman–Crippen MR) is 91.4 cm³/mol. The first-order valence-electron chi connectivity index (χ1n) is 8.60. The Kier molecular flexibility index (Phi) is 6.73. The number of aromatic nitrogens is 1. The monoisotopic (exact) mass is 333 g/mol. The first-order chi connectivity index (χ1) is 11.6. The van der Waals surface area contributed by atoms with Gasteiger partial charge in [0.2, 0.25) is 5.91 Å². The molecule has 1 fully saturated rings. The van der Waals surface area contributed by atoms with Crippen molar-refractivity contribution < 1.29 is 14.7 Å². The largest absolute Gasteiger partial charge is 0.395 e. The summed E-state index contributed by atoms with van der Waals surface area (Å²) in [6, 6.07) is 3.56. The molecule has 2 atom stereocenters. The highest BCUT2D eigenvalue weighted by Gasteiger charge is 2.32. The highest BCUT2D eigenvalue weighted by atomic mass is 16.3. The van der Waals surface area contributed by atoms with Crippen LogP contribution in [0.5, 0.6) is 0 Å². The van der Waals surface area contributed by atoms with Gasteiger partial charge in [-0.05, 0) is 30.4 Å². The van der Waals surface area contributed by atoms with Crippen LogP contribution in [0.2, 0.25) is 0 Å². The van der Waals surface area contributed by atoms with Crippen LogP contribution in [0.4, 0.5) is 0 Å². The second-order valence-corrected chi connectivity index (χ2v) is 6.45.